The molecule has 0 radical (unpaired) electrons. The maximum absolute atomic E-state index is 12.2. The number of aliphatic carboxylic acids is 1. The van der Waals surface area contributed by atoms with Crippen molar-refractivity contribution in [2.24, 2.45) is 0 Å². The Balaban J connectivity index is 2.05. The number of hydrogen-bond donors (Lipinski definition) is 1. The van der Waals surface area contributed by atoms with Gasteiger partial charge >= 0.3 is 5.97 Å². The number of hydrogen-bond acceptors (Lipinski definition) is 4. The fourth-order valence-corrected chi connectivity index (χ4v) is 2.92. The number of carbonyl (C=O) groups is 2. The SMILES string of the molecule is CCCN(CC(=O)O)C(=O)Cc1csc(-c2ccccc2)n1. The Morgan fingerprint density at radius 2 is 2.00 bits per heavy atom. The van der Waals surface area contributed by atoms with Gasteiger partial charge in [0.15, 0.2) is 0 Å². The van der Waals surface area contributed by atoms with Gasteiger partial charge in [-0.1, -0.05) is 37.3 Å². The quantitative estimate of drug-likeness (QED) is 0.852. The van der Waals surface area contributed by atoms with E-state index in [-0.39, 0.29) is 18.9 Å². The summed E-state index contributed by atoms with van der Waals surface area (Å²) in [4.78, 5) is 28.9. The van der Waals surface area contributed by atoms with E-state index in [1.165, 1.54) is 16.2 Å². The minimum Gasteiger partial charge on any atom is -0.480 e. The second-order valence-electron chi connectivity index (χ2n) is 4.90. The van der Waals surface area contributed by atoms with Gasteiger partial charge in [0, 0.05) is 17.5 Å². The van der Waals surface area contributed by atoms with Gasteiger partial charge in [-0.05, 0) is 6.42 Å². The molecule has 0 saturated heterocycles. The highest BCUT2D eigenvalue weighted by Crippen LogP contribution is 2.23. The average molecular weight is 318 g/mol. The molecule has 0 aliphatic heterocycles. The normalized spacial score (nSPS) is 10.4. The van der Waals surface area contributed by atoms with Gasteiger partial charge in [-0.3, -0.25) is 9.59 Å². The highest BCUT2D eigenvalue weighted by molar-refractivity contribution is 7.13. The molecule has 0 aliphatic carbocycles. The van der Waals surface area contributed by atoms with Crippen molar-refractivity contribution in [3.63, 3.8) is 0 Å². The lowest BCUT2D eigenvalue weighted by molar-refractivity contribution is -0.144. The van der Waals surface area contributed by atoms with Crippen molar-refractivity contribution in [1.29, 1.82) is 0 Å². The summed E-state index contributed by atoms with van der Waals surface area (Å²) < 4.78 is 0. The minimum absolute atomic E-state index is 0.136. The molecule has 2 aromatic rings. The predicted octanol–water partition coefficient (Wildman–Crippen LogP) is 2.68. The number of carbonyl (C=O) groups excluding carboxylic acids is 1. The maximum Gasteiger partial charge on any atom is 0.323 e. The molecule has 1 aromatic carbocycles. The van der Waals surface area contributed by atoms with E-state index in [0.29, 0.717) is 12.2 Å². The number of thiazole rings is 1. The zero-order chi connectivity index (χ0) is 15.9. The topological polar surface area (TPSA) is 70.5 Å². The number of amides is 1. The monoisotopic (exact) mass is 318 g/mol. The first-order valence-electron chi connectivity index (χ1n) is 7.09. The summed E-state index contributed by atoms with van der Waals surface area (Å²) in [5.74, 6) is -1.20. The summed E-state index contributed by atoms with van der Waals surface area (Å²) in [5.41, 5.74) is 1.70. The summed E-state index contributed by atoms with van der Waals surface area (Å²) in [6, 6.07) is 9.77. The molecule has 0 unspecified atom stereocenters. The highest BCUT2D eigenvalue weighted by atomic mass is 32.1. The maximum atomic E-state index is 12.2. The summed E-state index contributed by atoms with van der Waals surface area (Å²) in [6.07, 6.45) is 0.863. The Morgan fingerprint density at radius 3 is 2.64 bits per heavy atom. The number of benzene rings is 1. The van der Waals surface area contributed by atoms with Gasteiger partial charge in [-0.15, -0.1) is 11.3 Å². The van der Waals surface area contributed by atoms with Crippen LogP contribution in [-0.4, -0.2) is 40.0 Å². The van der Waals surface area contributed by atoms with Gasteiger partial charge in [0.05, 0.1) is 12.1 Å². The number of nitrogens with zero attached hydrogens (tertiary/aromatic N) is 2. The molecule has 1 aromatic heterocycles. The van der Waals surface area contributed by atoms with Crippen LogP contribution < -0.4 is 0 Å². The summed E-state index contributed by atoms with van der Waals surface area (Å²) >= 11 is 1.49. The molecule has 1 amide bonds. The highest BCUT2D eigenvalue weighted by Gasteiger charge is 2.17. The molecular weight excluding hydrogens is 300 g/mol. The largest absolute Gasteiger partial charge is 0.480 e. The van der Waals surface area contributed by atoms with E-state index in [0.717, 1.165) is 17.0 Å². The molecular formula is C16H18N2O3S. The number of carboxylic acids is 1. The fourth-order valence-electron chi connectivity index (χ4n) is 2.09. The van der Waals surface area contributed by atoms with E-state index in [1.54, 1.807) is 0 Å². The molecule has 22 heavy (non-hydrogen) atoms. The van der Waals surface area contributed by atoms with Crippen molar-refractivity contribution in [3.05, 3.63) is 41.4 Å². The van der Waals surface area contributed by atoms with Gasteiger partial charge < -0.3 is 10.0 Å². The van der Waals surface area contributed by atoms with Crippen molar-refractivity contribution < 1.29 is 14.7 Å². The van der Waals surface area contributed by atoms with Crippen molar-refractivity contribution in [3.8, 4) is 10.6 Å². The first-order chi connectivity index (χ1) is 10.6. The van der Waals surface area contributed by atoms with Crippen molar-refractivity contribution in [2.45, 2.75) is 19.8 Å². The smallest absolute Gasteiger partial charge is 0.323 e. The second-order valence-corrected chi connectivity index (χ2v) is 5.75. The first kappa shape index (κ1) is 16.2. The lowest BCUT2D eigenvalue weighted by Crippen LogP contribution is -2.37. The number of aromatic nitrogens is 1. The number of rotatable bonds is 7. The fraction of sp³-hybridized carbons (Fsp3) is 0.312. The summed E-state index contributed by atoms with van der Waals surface area (Å²) in [6.45, 7) is 2.10. The minimum atomic E-state index is -0.995. The predicted molar refractivity (Wildman–Crippen MR) is 85.8 cm³/mol. The van der Waals surface area contributed by atoms with Crippen molar-refractivity contribution in [1.82, 2.24) is 9.88 Å². The van der Waals surface area contributed by atoms with Crippen LogP contribution in [0.1, 0.15) is 19.0 Å². The van der Waals surface area contributed by atoms with Gasteiger partial charge in [-0.25, -0.2) is 4.98 Å². The van der Waals surface area contributed by atoms with Crippen molar-refractivity contribution in [2.75, 3.05) is 13.1 Å². The third-order valence-electron chi connectivity index (χ3n) is 3.08. The van der Waals surface area contributed by atoms with E-state index < -0.39 is 5.97 Å². The molecule has 0 fully saturated rings. The molecule has 0 aliphatic rings. The van der Waals surface area contributed by atoms with E-state index >= 15 is 0 Å². The van der Waals surface area contributed by atoms with Crippen LogP contribution >= 0.6 is 11.3 Å². The van der Waals surface area contributed by atoms with E-state index in [2.05, 4.69) is 4.98 Å². The van der Waals surface area contributed by atoms with Crippen LogP contribution in [0.25, 0.3) is 10.6 Å². The van der Waals surface area contributed by atoms with Crippen LogP contribution in [-0.2, 0) is 16.0 Å². The van der Waals surface area contributed by atoms with Crippen LogP contribution in [0.15, 0.2) is 35.7 Å². The molecule has 0 atom stereocenters. The van der Waals surface area contributed by atoms with Crippen molar-refractivity contribution >= 4 is 23.2 Å². The summed E-state index contributed by atoms with van der Waals surface area (Å²) in [5, 5.41) is 11.6. The molecule has 0 saturated carbocycles. The van der Waals surface area contributed by atoms with Gasteiger partial charge in [0.25, 0.3) is 0 Å². The third kappa shape index (κ3) is 4.39. The molecule has 5 nitrogen and oxygen atoms in total. The molecule has 6 heteroatoms. The molecule has 0 spiro atoms. The number of carboxylic acid groups (broad SMARTS) is 1. The zero-order valence-electron chi connectivity index (χ0n) is 12.4. The molecule has 1 heterocycles. The Kier molecular flexibility index (Phi) is 5.66. The van der Waals surface area contributed by atoms with Crippen LogP contribution in [0, 0.1) is 0 Å². The van der Waals surface area contributed by atoms with Gasteiger partial charge in [0.1, 0.15) is 11.6 Å². The van der Waals surface area contributed by atoms with Crippen LogP contribution in [0.4, 0.5) is 0 Å². The van der Waals surface area contributed by atoms with E-state index in [4.69, 9.17) is 5.11 Å². The Morgan fingerprint density at radius 1 is 1.27 bits per heavy atom. The lowest BCUT2D eigenvalue weighted by Gasteiger charge is -2.19. The van der Waals surface area contributed by atoms with Gasteiger partial charge in [0.2, 0.25) is 5.91 Å². The van der Waals surface area contributed by atoms with E-state index in [9.17, 15) is 9.59 Å². The molecule has 1 N–H and O–H groups in total. The second kappa shape index (κ2) is 7.70. The summed E-state index contributed by atoms with van der Waals surface area (Å²) in [7, 11) is 0. The Labute approximate surface area is 133 Å². The molecule has 116 valence electrons. The van der Waals surface area contributed by atoms with Crippen LogP contribution in [0.3, 0.4) is 0 Å². The molecule has 0 bridgehead atoms. The zero-order valence-corrected chi connectivity index (χ0v) is 13.2. The van der Waals surface area contributed by atoms with E-state index in [1.807, 2.05) is 42.6 Å². The standard InChI is InChI=1S/C16H18N2O3S/c1-2-8-18(10-15(20)21)14(19)9-13-11-22-16(17-13)12-6-4-3-5-7-12/h3-7,11H,2,8-10H2,1H3,(H,20,21). The van der Waals surface area contributed by atoms with Gasteiger partial charge in [-0.2, -0.15) is 0 Å². The Hall–Kier alpha value is -2.21. The van der Waals surface area contributed by atoms with Crippen LogP contribution in [0.5, 0.6) is 0 Å². The lowest BCUT2D eigenvalue weighted by atomic mass is 10.2. The Bertz CT molecular complexity index is 640. The average Bonchev–Trinajstić information content (AvgIpc) is 2.96. The molecule has 2 rings (SSSR count). The van der Waals surface area contributed by atoms with Crippen LogP contribution in [0.2, 0.25) is 0 Å². The first-order valence-corrected chi connectivity index (χ1v) is 7.97. The third-order valence-corrected chi connectivity index (χ3v) is 4.02.